The van der Waals surface area contributed by atoms with Gasteiger partial charge in [0.05, 0.1) is 0 Å². The van der Waals surface area contributed by atoms with Gasteiger partial charge in [0.25, 0.3) is 5.91 Å². The molecular weight excluding hydrogens is 276 g/mol. The number of benzene rings is 1. The number of hydrogen-bond acceptors (Lipinski definition) is 3. The molecule has 2 rings (SSSR count). The van der Waals surface area contributed by atoms with Crippen LogP contribution in [-0.2, 0) is 4.79 Å². The maximum atomic E-state index is 12.2. The van der Waals surface area contributed by atoms with Gasteiger partial charge in [-0.15, -0.1) is 0 Å². The summed E-state index contributed by atoms with van der Waals surface area (Å²) in [6.45, 7) is 8.22. The van der Waals surface area contributed by atoms with Gasteiger partial charge in [0, 0.05) is 6.54 Å². The van der Waals surface area contributed by atoms with Crippen LogP contribution in [0.1, 0.15) is 38.2 Å². The highest BCUT2D eigenvalue weighted by Gasteiger charge is 2.18. The van der Waals surface area contributed by atoms with Gasteiger partial charge in [-0.3, -0.25) is 4.79 Å². The number of likely N-dealkylation sites (tertiary alicyclic amines) is 1. The Bertz CT molecular complexity index is 470. The molecule has 1 aromatic carbocycles. The van der Waals surface area contributed by atoms with Crippen LogP contribution in [0.25, 0.3) is 0 Å². The van der Waals surface area contributed by atoms with Gasteiger partial charge in [0.2, 0.25) is 0 Å². The first-order chi connectivity index (χ1) is 10.7. The van der Waals surface area contributed by atoms with Gasteiger partial charge in [0.1, 0.15) is 5.75 Å². The third-order valence-electron chi connectivity index (χ3n) is 4.08. The number of carbonyl (C=O) groups is 1. The molecule has 0 saturated carbocycles. The molecule has 1 saturated heterocycles. The Kier molecular flexibility index (Phi) is 6.72. The van der Waals surface area contributed by atoms with Crippen molar-refractivity contribution in [2.75, 3.05) is 26.2 Å². The lowest BCUT2D eigenvalue weighted by Gasteiger charge is -2.18. The smallest absolute Gasteiger partial charge is 0.261 e. The van der Waals surface area contributed by atoms with Crippen molar-refractivity contribution in [3.05, 3.63) is 29.8 Å². The molecule has 0 spiro atoms. The fourth-order valence-electron chi connectivity index (χ4n) is 2.81. The quantitative estimate of drug-likeness (QED) is 0.751. The predicted octanol–water partition coefficient (Wildman–Crippen LogP) is 2.75. The number of amides is 1. The summed E-state index contributed by atoms with van der Waals surface area (Å²) in [6, 6.07) is 7.83. The molecule has 4 nitrogen and oxygen atoms in total. The van der Waals surface area contributed by atoms with Crippen LogP contribution in [0.4, 0.5) is 0 Å². The number of rotatable bonds is 8. The lowest BCUT2D eigenvalue weighted by atomic mass is 10.2. The van der Waals surface area contributed by atoms with Gasteiger partial charge >= 0.3 is 0 Å². The van der Waals surface area contributed by atoms with E-state index in [1.807, 2.05) is 38.1 Å². The van der Waals surface area contributed by atoms with E-state index in [9.17, 15) is 4.79 Å². The van der Waals surface area contributed by atoms with E-state index in [0.29, 0.717) is 6.42 Å². The molecule has 0 unspecified atom stereocenters. The fourth-order valence-corrected chi connectivity index (χ4v) is 2.81. The summed E-state index contributed by atoms with van der Waals surface area (Å²) in [6.07, 6.45) is 3.90. The highest BCUT2D eigenvalue weighted by atomic mass is 16.5. The van der Waals surface area contributed by atoms with Gasteiger partial charge in [-0.2, -0.15) is 0 Å². The monoisotopic (exact) mass is 304 g/mol. The first-order valence-electron chi connectivity index (χ1n) is 8.42. The van der Waals surface area contributed by atoms with Crippen LogP contribution in [0, 0.1) is 6.92 Å². The minimum absolute atomic E-state index is 0.00886. The van der Waals surface area contributed by atoms with E-state index in [1.54, 1.807) is 0 Å². The van der Waals surface area contributed by atoms with E-state index in [2.05, 4.69) is 10.2 Å². The molecule has 1 heterocycles. The summed E-state index contributed by atoms with van der Waals surface area (Å²) < 4.78 is 5.81. The average molecular weight is 304 g/mol. The number of nitrogens with one attached hydrogen (secondary N) is 1. The molecule has 122 valence electrons. The maximum Gasteiger partial charge on any atom is 0.261 e. The summed E-state index contributed by atoms with van der Waals surface area (Å²) in [5.41, 5.74) is 1.14. The fraction of sp³-hybridized carbons (Fsp3) is 0.611. The first kappa shape index (κ1) is 16.8. The summed E-state index contributed by atoms with van der Waals surface area (Å²) >= 11 is 0. The van der Waals surface area contributed by atoms with Crippen LogP contribution in [0.5, 0.6) is 5.75 Å². The molecule has 0 radical (unpaired) electrons. The van der Waals surface area contributed by atoms with Gasteiger partial charge in [0.15, 0.2) is 6.10 Å². The van der Waals surface area contributed by atoms with Crippen molar-refractivity contribution >= 4 is 5.91 Å². The molecule has 4 heteroatoms. The molecule has 1 aromatic rings. The summed E-state index contributed by atoms with van der Waals surface area (Å²) in [5, 5.41) is 3.00. The van der Waals surface area contributed by atoms with Gasteiger partial charge < -0.3 is 15.0 Å². The van der Waals surface area contributed by atoms with E-state index in [4.69, 9.17) is 4.74 Å². The summed E-state index contributed by atoms with van der Waals surface area (Å²) in [7, 11) is 0. The normalized spacial score (nSPS) is 16.5. The molecular formula is C18H28N2O2. The van der Waals surface area contributed by atoms with Crippen LogP contribution >= 0.6 is 0 Å². The second-order valence-electron chi connectivity index (χ2n) is 6.02. The highest BCUT2D eigenvalue weighted by molar-refractivity contribution is 5.81. The lowest BCUT2D eigenvalue weighted by Crippen LogP contribution is -2.39. The predicted molar refractivity (Wildman–Crippen MR) is 89.2 cm³/mol. The number of hydrogen-bond donors (Lipinski definition) is 1. The SMILES string of the molecule is CC[C@H](Oc1cccc(C)c1)C(=O)NCCCN1CCCC1. The number of ether oxygens (including phenoxy) is 1. The van der Waals surface area contributed by atoms with E-state index >= 15 is 0 Å². The molecule has 0 aromatic heterocycles. The second-order valence-corrected chi connectivity index (χ2v) is 6.02. The topological polar surface area (TPSA) is 41.6 Å². The third-order valence-corrected chi connectivity index (χ3v) is 4.08. The minimum atomic E-state index is -0.409. The second kappa shape index (κ2) is 8.79. The standard InChI is InChI=1S/C18H28N2O2/c1-3-17(22-16-9-6-8-15(2)14-16)18(21)19-10-7-13-20-11-4-5-12-20/h6,8-9,14,17H,3-5,7,10-13H2,1-2H3,(H,19,21)/t17-/m0/s1. The zero-order valence-electron chi connectivity index (χ0n) is 13.8. The van der Waals surface area contributed by atoms with Crippen molar-refractivity contribution < 1.29 is 9.53 Å². The van der Waals surface area contributed by atoms with Crippen LogP contribution in [0.15, 0.2) is 24.3 Å². The van der Waals surface area contributed by atoms with Crippen molar-refractivity contribution in [3.63, 3.8) is 0 Å². The number of nitrogens with zero attached hydrogens (tertiary/aromatic N) is 1. The maximum absolute atomic E-state index is 12.2. The Morgan fingerprint density at radius 3 is 2.82 bits per heavy atom. The Labute approximate surface area is 133 Å². The van der Waals surface area contributed by atoms with E-state index in [0.717, 1.165) is 30.8 Å². The molecule has 22 heavy (non-hydrogen) atoms. The Balaban J connectivity index is 1.71. The van der Waals surface area contributed by atoms with E-state index in [-0.39, 0.29) is 5.91 Å². The highest BCUT2D eigenvalue weighted by Crippen LogP contribution is 2.15. The van der Waals surface area contributed by atoms with Gasteiger partial charge in [-0.25, -0.2) is 0 Å². The average Bonchev–Trinajstić information content (AvgIpc) is 3.02. The van der Waals surface area contributed by atoms with Crippen LogP contribution in [-0.4, -0.2) is 43.1 Å². The lowest BCUT2D eigenvalue weighted by molar-refractivity contribution is -0.128. The van der Waals surface area contributed by atoms with Gasteiger partial charge in [-0.1, -0.05) is 19.1 Å². The molecule has 0 bridgehead atoms. The first-order valence-corrected chi connectivity index (χ1v) is 8.42. The van der Waals surface area contributed by atoms with Crippen LogP contribution in [0.2, 0.25) is 0 Å². The molecule has 1 fully saturated rings. The van der Waals surface area contributed by atoms with E-state index < -0.39 is 6.10 Å². The van der Waals surface area contributed by atoms with Crippen molar-refractivity contribution in [2.24, 2.45) is 0 Å². The largest absolute Gasteiger partial charge is 0.481 e. The van der Waals surface area contributed by atoms with Crippen molar-refractivity contribution in [1.82, 2.24) is 10.2 Å². The molecule has 1 N–H and O–H groups in total. The van der Waals surface area contributed by atoms with Crippen LogP contribution < -0.4 is 10.1 Å². The molecule has 1 atom stereocenters. The van der Waals surface area contributed by atoms with E-state index in [1.165, 1.54) is 25.9 Å². The third kappa shape index (κ3) is 5.34. The molecule has 0 aliphatic carbocycles. The van der Waals surface area contributed by atoms with Crippen molar-refractivity contribution in [3.8, 4) is 5.75 Å². The minimum Gasteiger partial charge on any atom is -0.481 e. The summed E-state index contributed by atoms with van der Waals surface area (Å²) in [4.78, 5) is 14.7. The Hall–Kier alpha value is -1.55. The molecule has 1 aliphatic heterocycles. The molecule has 1 amide bonds. The Morgan fingerprint density at radius 2 is 2.14 bits per heavy atom. The molecule has 1 aliphatic rings. The number of carbonyl (C=O) groups excluding carboxylic acids is 1. The number of aryl methyl sites for hydroxylation is 1. The zero-order chi connectivity index (χ0) is 15.8. The van der Waals surface area contributed by atoms with Crippen molar-refractivity contribution in [1.29, 1.82) is 0 Å². The van der Waals surface area contributed by atoms with Crippen molar-refractivity contribution in [2.45, 2.75) is 45.6 Å². The van der Waals surface area contributed by atoms with Gasteiger partial charge in [-0.05, 0) is 69.9 Å². The van der Waals surface area contributed by atoms with Crippen LogP contribution in [0.3, 0.4) is 0 Å². The summed E-state index contributed by atoms with van der Waals surface area (Å²) in [5.74, 6) is 0.754. The zero-order valence-corrected chi connectivity index (χ0v) is 13.8. The Morgan fingerprint density at radius 1 is 1.36 bits per heavy atom.